The lowest BCUT2D eigenvalue weighted by Gasteiger charge is -2.27. The summed E-state index contributed by atoms with van der Waals surface area (Å²) >= 11 is 0. The van der Waals surface area contributed by atoms with E-state index in [0.717, 1.165) is 38.9 Å². The third-order valence-electron chi connectivity index (χ3n) is 5.74. The minimum absolute atomic E-state index is 0.170. The molecule has 0 fully saturated rings. The Kier molecular flexibility index (Phi) is 6.63. The molecule has 0 spiro atoms. The van der Waals surface area contributed by atoms with Crippen LogP contribution in [-0.4, -0.2) is 15.3 Å². The van der Waals surface area contributed by atoms with Crippen LogP contribution in [0.15, 0.2) is 48.5 Å². The van der Waals surface area contributed by atoms with E-state index in [2.05, 4.69) is 13.8 Å². The van der Waals surface area contributed by atoms with Gasteiger partial charge in [0, 0.05) is 5.41 Å². The number of aromatic hydroxyl groups is 3. The molecule has 29 heavy (non-hydrogen) atoms. The fraction of sp³-hybridized carbons (Fsp3) is 0.308. The number of benzene rings is 3. The van der Waals surface area contributed by atoms with Crippen LogP contribution in [0.2, 0.25) is 0 Å². The van der Waals surface area contributed by atoms with Crippen molar-refractivity contribution in [1.29, 1.82) is 0 Å². The number of aryl methyl sites for hydroxylation is 4. The van der Waals surface area contributed by atoms with E-state index in [1.165, 1.54) is 0 Å². The van der Waals surface area contributed by atoms with E-state index in [0.29, 0.717) is 17.2 Å². The Morgan fingerprint density at radius 1 is 0.552 bits per heavy atom. The van der Waals surface area contributed by atoms with Crippen molar-refractivity contribution in [2.24, 2.45) is 0 Å². The van der Waals surface area contributed by atoms with Crippen LogP contribution in [0, 0.1) is 34.6 Å². The summed E-state index contributed by atoms with van der Waals surface area (Å²) in [5.41, 5.74) is 6.95. The van der Waals surface area contributed by atoms with Crippen molar-refractivity contribution in [3.05, 3.63) is 87.5 Å². The number of hydrogen-bond donors (Lipinski definition) is 3. The highest BCUT2D eigenvalue weighted by Gasteiger charge is 2.24. The molecule has 3 rings (SSSR count). The summed E-state index contributed by atoms with van der Waals surface area (Å²) < 4.78 is 0. The van der Waals surface area contributed by atoms with Crippen molar-refractivity contribution in [3.63, 3.8) is 0 Å². The van der Waals surface area contributed by atoms with Gasteiger partial charge in [-0.2, -0.15) is 0 Å². The van der Waals surface area contributed by atoms with Crippen LogP contribution >= 0.6 is 0 Å². The van der Waals surface area contributed by atoms with E-state index >= 15 is 0 Å². The maximum atomic E-state index is 9.63. The monoisotopic (exact) mass is 392 g/mol. The van der Waals surface area contributed by atoms with Gasteiger partial charge in [0.05, 0.1) is 0 Å². The fourth-order valence-electron chi connectivity index (χ4n) is 3.19. The normalized spacial score (nSPS) is 11.0. The van der Waals surface area contributed by atoms with Gasteiger partial charge in [-0.3, -0.25) is 0 Å². The largest absolute Gasteiger partial charge is 0.508 e. The lowest BCUT2D eigenvalue weighted by molar-refractivity contribution is 0.466. The molecule has 0 saturated carbocycles. The van der Waals surface area contributed by atoms with E-state index in [1.54, 1.807) is 12.1 Å². The highest BCUT2D eigenvalue weighted by Crippen LogP contribution is 2.35. The zero-order valence-electron chi connectivity index (χ0n) is 18.5. The topological polar surface area (TPSA) is 60.7 Å². The summed E-state index contributed by atoms with van der Waals surface area (Å²) in [7, 11) is 0. The van der Waals surface area contributed by atoms with E-state index in [-0.39, 0.29) is 5.41 Å². The standard InChI is InChI=1S/C17H20O2.C9H12O/c1-11-9-13(5-7-15(11)18)17(3,4)14-6-8-16(19)12(2)10-14;1-6-4-5-7(2)9(10)8(6)3/h5-10,18-19H,1-4H3;4-5,10H,1-3H3. The van der Waals surface area contributed by atoms with Crippen LogP contribution in [0.4, 0.5) is 0 Å². The second kappa shape index (κ2) is 8.60. The summed E-state index contributed by atoms with van der Waals surface area (Å²) in [4.78, 5) is 0. The fourth-order valence-corrected chi connectivity index (χ4v) is 3.19. The SMILES string of the molecule is Cc1cc(C(C)(C)c2ccc(O)c(C)c2)ccc1O.Cc1ccc(C)c(O)c1C. The second-order valence-corrected chi connectivity index (χ2v) is 8.30. The van der Waals surface area contributed by atoms with Crippen molar-refractivity contribution < 1.29 is 15.3 Å². The average molecular weight is 393 g/mol. The first kappa shape index (κ1) is 22.4. The van der Waals surface area contributed by atoms with Gasteiger partial charge < -0.3 is 15.3 Å². The summed E-state index contributed by atoms with van der Waals surface area (Å²) in [6, 6.07) is 15.3. The van der Waals surface area contributed by atoms with Crippen molar-refractivity contribution >= 4 is 0 Å². The molecule has 3 aromatic carbocycles. The zero-order chi connectivity index (χ0) is 21.9. The van der Waals surface area contributed by atoms with Gasteiger partial charge in [-0.15, -0.1) is 0 Å². The molecular formula is C26H32O3. The summed E-state index contributed by atoms with van der Waals surface area (Å²) in [6.45, 7) is 13.9. The van der Waals surface area contributed by atoms with E-state index in [1.807, 2.05) is 71.0 Å². The minimum Gasteiger partial charge on any atom is -0.508 e. The van der Waals surface area contributed by atoms with Crippen LogP contribution in [0.25, 0.3) is 0 Å². The van der Waals surface area contributed by atoms with Crippen LogP contribution in [0.1, 0.15) is 52.8 Å². The third-order valence-corrected chi connectivity index (χ3v) is 5.74. The summed E-state index contributed by atoms with van der Waals surface area (Å²) in [5.74, 6) is 1.07. The highest BCUT2D eigenvalue weighted by molar-refractivity contribution is 5.46. The molecule has 154 valence electrons. The maximum Gasteiger partial charge on any atom is 0.121 e. The molecule has 0 heterocycles. The maximum absolute atomic E-state index is 9.63. The Bertz CT molecular complexity index is 936. The van der Waals surface area contributed by atoms with Gasteiger partial charge in [-0.05, 0) is 85.7 Å². The zero-order valence-corrected chi connectivity index (χ0v) is 18.5. The predicted octanol–water partition coefficient (Wildman–Crippen LogP) is 6.36. The van der Waals surface area contributed by atoms with E-state index in [9.17, 15) is 15.3 Å². The minimum atomic E-state index is -0.170. The molecule has 3 N–H and O–H groups in total. The van der Waals surface area contributed by atoms with E-state index in [4.69, 9.17) is 0 Å². The first-order chi connectivity index (χ1) is 13.4. The van der Waals surface area contributed by atoms with Gasteiger partial charge in [-0.1, -0.05) is 50.2 Å². The molecule has 0 radical (unpaired) electrons. The third kappa shape index (κ3) is 4.92. The van der Waals surface area contributed by atoms with Gasteiger partial charge in [0.1, 0.15) is 17.2 Å². The van der Waals surface area contributed by atoms with Gasteiger partial charge >= 0.3 is 0 Å². The molecular weight excluding hydrogens is 360 g/mol. The van der Waals surface area contributed by atoms with Crippen LogP contribution in [-0.2, 0) is 5.41 Å². The van der Waals surface area contributed by atoms with Crippen LogP contribution < -0.4 is 0 Å². The van der Waals surface area contributed by atoms with Crippen LogP contribution in [0.5, 0.6) is 17.2 Å². The molecule has 0 unspecified atom stereocenters. The Balaban J connectivity index is 0.000000253. The molecule has 0 aliphatic carbocycles. The smallest absolute Gasteiger partial charge is 0.121 e. The Morgan fingerprint density at radius 2 is 0.966 bits per heavy atom. The van der Waals surface area contributed by atoms with Gasteiger partial charge in [0.25, 0.3) is 0 Å². The number of rotatable bonds is 2. The lowest BCUT2D eigenvalue weighted by atomic mass is 9.77. The Labute approximate surface area is 174 Å². The molecule has 0 bridgehead atoms. The summed E-state index contributed by atoms with van der Waals surface area (Å²) in [5, 5.41) is 28.6. The van der Waals surface area contributed by atoms with Gasteiger partial charge in [-0.25, -0.2) is 0 Å². The number of phenolic OH excluding ortho intramolecular Hbond substituents is 3. The Hall–Kier alpha value is -2.94. The number of hydrogen-bond acceptors (Lipinski definition) is 3. The molecule has 3 aromatic rings. The highest BCUT2D eigenvalue weighted by atomic mass is 16.3. The molecule has 3 nitrogen and oxygen atoms in total. The van der Waals surface area contributed by atoms with Gasteiger partial charge in [0.2, 0.25) is 0 Å². The predicted molar refractivity (Wildman–Crippen MR) is 120 cm³/mol. The first-order valence-electron chi connectivity index (χ1n) is 9.81. The van der Waals surface area contributed by atoms with Gasteiger partial charge in [0.15, 0.2) is 0 Å². The molecule has 0 atom stereocenters. The van der Waals surface area contributed by atoms with Crippen molar-refractivity contribution in [1.82, 2.24) is 0 Å². The molecule has 0 aromatic heterocycles. The quantitative estimate of drug-likeness (QED) is 0.476. The van der Waals surface area contributed by atoms with E-state index < -0.39 is 0 Å². The number of phenols is 3. The molecule has 0 saturated heterocycles. The molecule has 0 aliphatic heterocycles. The second-order valence-electron chi connectivity index (χ2n) is 8.30. The molecule has 0 aliphatic rings. The lowest BCUT2D eigenvalue weighted by Crippen LogP contribution is -2.19. The first-order valence-corrected chi connectivity index (χ1v) is 9.81. The Morgan fingerprint density at radius 3 is 1.34 bits per heavy atom. The van der Waals surface area contributed by atoms with Crippen molar-refractivity contribution in [2.75, 3.05) is 0 Å². The molecule has 0 amide bonds. The van der Waals surface area contributed by atoms with Crippen LogP contribution in [0.3, 0.4) is 0 Å². The average Bonchev–Trinajstić information content (AvgIpc) is 2.68. The molecule has 3 heteroatoms. The van der Waals surface area contributed by atoms with Crippen molar-refractivity contribution in [3.8, 4) is 17.2 Å². The van der Waals surface area contributed by atoms with Crippen molar-refractivity contribution in [2.45, 2.75) is 53.9 Å². The summed E-state index contributed by atoms with van der Waals surface area (Å²) in [6.07, 6.45) is 0.